The van der Waals surface area contributed by atoms with Gasteiger partial charge in [0.25, 0.3) is 0 Å². The van der Waals surface area contributed by atoms with Gasteiger partial charge in [-0.1, -0.05) is 17.7 Å². The Morgan fingerprint density at radius 1 is 0.931 bits per heavy atom. The Kier molecular flexibility index (Phi) is 7.48. The molecule has 0 aliphatic carbocycles. The fraction of sp³-hybridized carbons (Fsp3) is 0.250. The standard InChI is InChI=1S/C16H20N4O6S3/c1-11-2-5-13(6-3-11)29(25,26)20-10-15(22)19-9-14(21)18-8-12-4-7-16(27-12)28(17,23)24/h2-7,20H,8-10H2,1H3,(H,18,21)(H,19,22)(H2,17,23,24). The highest BCUT2D eigenvalue weighted by atomic mass is 32.2. The van der Waals surface area contributed by atoms with Crippen LogP contribution in [-0.4, -0.2) is 41.7 Å². The number of nitrogens with one attached hydrogen (secondary N) is 3. The third kappa shape index (κ3) is 7.21. The number of carbonyl (C=O) groups excluding carboxylic acids is 2. The molecule has 1 aromatic heterocycles. The number of benzene rings is 1. The number of aryl methyl sites for hydroxylation is 1. The molecule has 158 valence electrons. The minimum absolute atomic E-state index is 0.0177. The lowest BCUT2D eigenvalue weighted by atomic mass is 10.2. The molecular weight excluding hydrogens is 440 g/mol. The number of primary sulfonamides is 1. The lowest BCUT2D eigenvalue weighted by Gasteiger charge is -2.08. The van der Waals surface area contributed by atoms with Crippen molar-refractivity contribution < 1.29 is 26.4 Å². The summed E-state index contributed by atoms with van der Waals surface area (Å²) >= 11 is 0.924. The maximum absolute atomic E-state index is 12.1. The first kappa shape index (κ1) is 23.0. The van der Waals surface area contributed by atoms with Gasteiger partial charge in [-0.15, -0.1) is 11.3 Å². The van der Waals surface area contributed by atoms with Crippen molar-refractivity contribution in [1.29, 1.82) is 0 Å². The van der Waals surface area contributed by atoms with E-state index >= 15 is 0 Å². The SMILES string of the molecule is Cc1ccc(S(=O)(=O)NCC(=O)NCC(=O)NCc2ccc(S(N)(=O)=O)s2)cc1. The number of hydrogen-bond acceptors (Lipinski definition) is 7. The molecule has 5 N–H and O–H groups in total. The molecule has 0 saturated heterocycles. The maximum atomic E-state index is 12.1. The third-order valence-electron chi connectivity index (χ3n) is 3.58. The number of carbonyl (C=O) groups is 2. The lowest BCUT2D eigenvalue weighted by Crippen LogP contribution is -2.41. The molecule has 0 fully saturated rings. The molecule has 0 spiro atoms. The minimum Gasteiger partial charge on any atom is -0.350 e. The van der Waals surface area contributed by atoms with Crippen LogP contribution in [-0.2, 0) is 36.2 Å². The van der Waals surface area contributed by atoms with Crippen LogP contribution in [0.3, 0.4) is 0 Å². The van der Waals surface area contributed by atoms with Gasteiger partial charge in [-0.05, 0) is 31.2 Å². The summed E-state index contributed by atoms with van der Waals surface area (Å²) in [6, 6.07) is 8.98. The number of nitrogens with two attached hydrogens (primary N) is 1. The molecule has 2 rings (SSSR count). The minimum atomic E-state index is -3.84. The molecule has 0 atom stereocenters. The van der Waals surface area contributed by atoms with Crippen molar-refractivity contribution in [3.63, 3.8) is 0 Å². The molecule has 0 aliphatic rings. The van der Waals surface area contributed by atoms with Gasteiger partial charge in [0.05, 0.1) is 24.5 Å². The van der Waals surface area contributed by atoms with Gasteiger partial charge in [0.15, 0.2) is 0 Å². The van der Waals surface area contributed by atoms with E-state index in [2.05, 4.69) is 15.4 Å². The van der Waals surface area contributed by atoms with Crippen LogP contribution in [0, 0.1) is 6.92 Å². The summed E-state index contributed by atoms with van der Waals surface area (Å²) < 4.78 is 48.7. The van der Waals surface area contributed by atoms with E-state index in [1.807, 2.05) is 6.92 Å². The van der Waals surface area contributed by atoms with E-state index in [0.717, 1.165) is 16.9 Å². The molecule has 2 amide bonds. The van der Waals surface area contributed by atoms with Crippen molar-refractivity contribution in [2.24, 2.45) is 5.14 Å². The number of sulfonamides is 2. The Balaban J connectivity index is 1.75. The van der Waals surface area contributed by atoms with Crippen molar-refractivity contribution in [2.75, 3.05) is 13.1 Å². The molecule has 1 aromatic carbocycles. The largest absolute Gasteiger partial charge is 0.350 e. The van der Waals surface area contributed by atoms with Crippen LogP contribution in [0.1, 0.15) is 10.4 Å². The van der Waals surface area contributed by atoms with Crippen molar-refractivity contribution in [1.82, 2.24) is 15.4 Å². The van der Waals surface area contributed by atoms with Gasteiger partial charge in [0, 0.05) is 4.88 Å². The van der Waals surface area contributed by atoms with E-state index in [4.69, 9.17) is 5.14 Å². The van der Waals surface area contributed by atoms with E-state index in [-0.39, 0.29) is 22.2 Å². The second-order valence-corrected chi connectivity index (χ2v) is 10.7. The molecule has 1 heterocycles. The van der Waals surface area contributed by atoms with Crippen LogP contribution in [0.5, 0.6) is 0 Å². The van der Waals surface area contributed by atoms with Crippen molar-refractivity contribution in [3.8, 4) is 0 Å². The van der Waals surface area contributed by atoms with Crippen molar-refractivity contribution >= 4 is 43.2 Å². The third-order valence-corrected chi connectivity index (χ3v) is 7.52. The topological polar surface area (TPSA) is 165 Å². The second kappa shape index (κ2) is 9.45. The Morgan fingerprint density at radius 3 is 2.14 bits per heavy atom. The highest BCUT2D eigenvalue weighted by molar-refractivity contribution is 7.91. The Morgan fingerprint density at radius 2 is 1.55 bits per heavy atom. The van der Waals surface area contributed by atoms with Crippen molar-refractivity contribution in [2.45, 2.75) is 22.6 Å². The summed E-state index contributed by atoms with van der Waals surface area (Å²) in [5.41, 5.74) is 0.899. The zero-order valence-electron chi connectivity index (χ0n) is 15.3. The molecule has 2 aromatic rings. The van der Waals surface area contributed by atoms with Crippen LogP contribution < -0.4 is 20.5 Å². The fourth-order valence-corrected chi connectivity index (χ4v) is 4.76. The molecular formula is C16H20N4O6S3. The molecule has 0 aliphatic heterocycles. The summed E-state index contributed by atoms with van der Waals surface area (Å²) in [5, 5.41) is 9.80. The summed E-state index contributed by atoms with van der Waals surface area (Å²) in [5.74, 6) is -1.20. The van der Waals surface area contributed by atoms with Crippen molar-refractivity contribution in [3.05, 3.63) is 46.8 Å². The monoisotopic (exact) mass is 460 g/mol. The smallest absolute Gasteiger partial charge is 0.247 e. The fourth-order valence-electron chi connectivity index (χ4n) is 2.06. The second-order valence-electron chi connectivity index (χ2n) is 5.96. The molecule has 10 nitrogen and oxygen atoms in total. The summed E-state index contributed by atoms with van der Waals surface area (Å²) in [6.07, 6.45) is 0. The van der Waals surface area contributed by atoms with Crippen LogP contribution >= 0.6 is 11.3 Å². The maximum Gasteiger partial charge on any atom is 0.247 e. The Labute approximate surface area is 172 Å². The molecule has 13 heteroatoms. The molecule has 0 unspecified atom stereocenters. The zero-order chi connectivity index (χ0) is 21.7. The highest BCUT2D eigenvalue weighted by Crippen LogP contribution is 2.19. The van der Waals surface area contributed by atoms with E-state index < -0.39 is 38.4 Å². The van der Waals surface area contributed by atoms with Crippen LogP contribution in [0.2, 0.25) is 0 Å². The quantitative estimate of drug-likeness (QED) is 0.391. The first-order valence-corrected chi connectivity index (χ1v) is 12.0. The van der Waals surface area contributed by atoms with E-state index in [0.29, 0.717) is 4.88 Å². The van der Waals surface area contributed by atoms with E-state index in [1.54, 1.807) is 12.1 Å². The Bertz CT molecular complexity index is 1090. The average Bonchev–Trinajstić information content (AvgIpc) is 3.13. The number of amides is 2. The van der Waals surface area contributed by atoms with E-state index in [9.17, 15) is 26.4 Å². The van der Waals surface area contributed by atoms with Crippen LogP contribution in [0.25, 0.3) is 0 Å². The summed E-state index contributed by atoms with van der Waals surface area (Å²) in [7, 11) is -7.63. The van der Waals surface area contributed by atoms with Gasteiger partial charge in [-0.3, -0.25) is 9.59 Å². The Hall–Kier alpha value is -2.32. The van der Waals surface area contributed by atoms with Gasteiger partial charge >= 0.3 is 0 Å². The zero-order valence-corrected chi connectivity index (χ0v) is 17.8. The first-order chi connectivity index (χ1) is 13.5. The molecule has 0 saturated carbocycles. The van der Waals surface area contributed by atoms with Gasteiger partial charge in [-0.2, -0.15) is 0 Å². The predicted molar refractivity (Wildman–Crippen MR) is 107 cm³/mol. The molecule has 0 radical (unpaired) electrons. The highest BCUT2D eigenvalue weighted by Gasteiger charge is 2.16. The van der Waals surface area contributed by atoms with Gasteiger partial charge < -0.3 is 10.6 Å². The predicted octanol–water partition coefficient (Wildman–Crippen LogP) is -0.585. The van der Waals surface area contributed by atoms with Gasteiger partial charge in [0.2, 0.25) is 31.9 Å². The number of thiophene rings is 1. The molecule has 29 heavy (non-hydrogen) atoms. The number of rotatable bonds is 9. The lowest BCUT2D eigenvalue weighted by molar-refractivity contribution is -0.125. The van der Waals surface area contributed by atoms with E-state index in [1.165, 1.54) is 24.3 Å². The summed E-state index contributed by atoms with van der Waals surface area (Å²) in [6.45, 7) is 0.999. The van der Waals surface area contributed by atoms with Gasteiger partial charge in [0.1, 0.15) is 4.21 Å². The average molecular weight is 461 g/mol. The number of hydrogen-bond donors (Lipinski definition) is 4. The van der Waals surface area contributed by atoms with Gasteiger partial charge in [-0.25, -0.2) is 26.7 Å². The van der Waals surface area contributed by atoms with Crippen LogP contribution in [0.15, 0.2) is 45.5 Å². The summed E-state index contributed by atoms with van der Waals surface area (Å²) in [4.78, 5) is 24.1. The first-order valence-electron chi connectivity index (χ1n) is 8.18. The van der Waals surface area contributed by atoms with Crippen LogP contribution in [0.4, 0.5) is 0 Å². The molecule has 0 bridgehead atoms. The normalized spacial score (nSPS) is 11.8.